The first kappa shape index (κ1) is 18.8. The van der Waals surface area contributed by atoms with E-state index in [9.17, 15) is 14.0 Å². The molecule has 0 saturated heterocycles. The van der Waals surface area contributed by atoms with Crippen LogP contribution in [-0.2, 0) is 0 Å². The zero-order chi connectivity index (χ0) is 20.4. The average molecular weight is 405 g/mol. The van der Waals surface area contributed by atoms with E-state index in [1.54, 1.807) is 54.7 Å². The molecule has 0 unspecified atom stereocenters. The zero-order valence-electron chi connectivity index (χ0n) is 15.0. The number of aromatic nitrogens is 1. The molecule has 4 rings (SSSR count). The lowest BCUT2D eigenvalue weighted by Gasteiger charge is -2.09. The quantitative estimate of drug-likeness (QED) is 0.456. The Labute approximate surface area is 171 Å². The summed E-state index contributed by atoms with van der Waals surface area (Å²) in [6.45, 7) is 0. The predicted molar refractivity (Wildman–Crippen MR) is 111 cm³/mol. The molecular weight excluding hydrogens is 391 g/mol. The second-order valence-electron chi connectivity index (χ2n) is 6.40. The van der Waals surface area contributed by atoms with Crippen LogP contribution in [0.2, 0.25) is 5.02 Å². The van der Waals surface area contributed by atoms with Crippen LogP contribution in [-0.4, -0.2) is 16.7 Å². The number of carbonyl (C=O) groups excluding carboxylic acids is 2. The Morgan fingerprint density at radius 2 is 1.72 bits per heavy atom. The Bertz CT molecular complexity index is 1260. The maximum absolute atomic E-state index is 14.1. The third kappa shape index (κ3) is 4.00. The van der Waals surface area contributed by atoms with Gasteiger partial charge in [-0.2, -0.15) is 0 Å². The summed E-state index contributed by atoms with van der Waals surface area (Å²) in [5.41, 5.74) is 1.72. The molecule has 1 N–H and O–H groups in total. The lowest BCUT2D eigenvalue weighted by atomic mass is 10.0. The molecule has 0 spiro atoms. The number of fused-ring (bicyclic) bond motifs is 1. The summed E-state index contributed by atoms with van der Waals surface area (Å²) in [4.78, 5) is 29.5. The van der Waals surface area contributed by atoms with Gasteiger partial charge in [0.2, 0.25) is 0 Å². The van der Waals surface area contributed by atoms with Crippen LogP contribution in [0, 0.1) is 5.82 Å². The van der Waals surface area contributed by atoms with Crippen LogP contribution in [0.25, 0.3) is 10.9 Å². The number of hydrogen-bond donors (Lipinski definition) is 1. The van der Waals surface area contributed by atoms with Gasteiger partial charge in [0, 0.05) is 28.4 Å². The number of carbonyl (C=O) groups is 2. The van der Waals surface area contributed by atoms with Crippen molar-refractivity contribution in [3.05, 3.63) is 107 Å². The number of pyridine rings is 1. The molecule has 1 amide bonds. The van der Waals surface area contributed by atoms with Crippen LogP contribution < -0.4 is 5.32 Å². The number of halogens is 2. The van der Waals surface area contributed by atoms with Crippen molar-refractivity contribution in [3.63, 3.8) is 0 Å². The van der Waals surface area contributed by atoms with E-state index >= 15 is 0 Å². The van der Waals surface area contributed by atoms with Gasteiger partial charge in [0.25, 0.3) is 5.91 Å². The van der Waals surface area contributed by atoms with Gasteiger partial charge in [0.15, 0.2) is 5.78 Å². The van der Waals surface area contributed by atoms with Gasteiger partial charge in [-0.3, -0.25) is 14.6 Å². The molecule has 0 saturated carbocycles. The second-order valence-corrected chi connectivity index (χ2v) is 6.81. The van der Waals surface area contributed by atoms with Crippen molar-refractivity contribution >= 4 is 39.9 Å². The van der Waals surface area contributed by atoms with Crippen LogP contribution in [0.1, 0.15) is 26.3 Å². The normalized spacial score (nSPS) is 10.7. The fraction of sp³-hybridized carbons (Fsp3) is 0. The Hall–Kier alpha value is -3.57. The molecule has 0 fully saturated rings. The number of hydrogen-bond acceptors (Lipinski definition) is 3. The van der Waals surface area contributed by atoms with Gasteiger partial charge in [-0.1, -0.05) is 29.8 Å². The van der Waals surface area contributed by atoms with E-state index in [1.807, 2.05) is 6.07 Å². The molecule has 6 heteroatoms. The molecule has 0 aliphatic heterocycles. The number of benzene rings is 3. The van der Waals surface area contributed by atoms with Crippen LogP contribution in [0.4, 0.5) is 10.1 Å². The molecule has 0 radical (unpaired) electrons. The van der Waals surface area contributed by atoms with Gasteiger partial charge in [-0.15, -0.1) is 0 Å². The molecule has 142 valence electrons. The molecule has 0 atom stereocenters. The van der Waals surface area contributed by atoms with E-state index in [1.165, 1.54) is 6.07 Å². The molecule has 1 aromatic heterocycles. The van der Waals surface area contributed by atoms with Crippen molar-refractivity contribution in [2.75, 3.05) is 5.32 Å². The third-order valence-electron chi connectivity index (χ3n) is 4.40. The third-order valence-corrected chi connectivity index (χ3v) is 4.73. The highest BCUT2D eigenvalue weighted by Gasteiger charge is 2.15. The first-order valence-electron chi connectivity index (χ1n) is 8.77. The van der Waals surface area contributed by atoms with Crippen molar-refractivity contribution in [2.45, 2.75) is 0 Å². The molecule has 0 aliphatic carbocycles. The summed E-state index contributed by atoms with van der Waals surface area (Å²) in [5.74, 6) is -1.48. The highest BCUT2D eigenvalue weighted by atomic mass is 35.5. The van der Waals surface area contributed by atoms with Crippen molar-refractivity contribution < 1.29 is 14.0 Å². The molecule has 0 bridgehead atoms. The molecule has 4 aromatic rings. The average Bonchev–Trinajstić information content (AvgIpc) is 2.72. The van der Waals surface area contributed by atoms with Crippen LogP contribution in [0.5, 0.6) is 0 Å². The number of ketones is 1. The van der Waals surface area contributed by atoms with Crippen molar-refractivity contribution in [1.82, 2.24) is 4.98 Å². The Balaban J connectivity index is 1.64. The Morgan fingerprint density at radius 3 is 2.55 bits per heavy atom. The summed E-state index contributed by atoms with van der Waals surface area (Å²) < 4.78 is 14.1. The molecule has 3 aromatic carbocycles. The van der Waals surface area contributed by atoms with Gasteiger partial charge in [0.1, 0.15) is 5.82 Å². The summed E-state index contributed by atoms with van der Waals surface area (Å²) >= 11 is 6.03. The first-order chi connectivity index (χ1) is 14.0. The van der Waals surface area contributed by atoms with E-state index < -0.39 is 11.7 Å². The fourth-order valence-electron chi connectivity index (χ4n) is 3.02. The van der Waals surface area contributed by atoms with Gasteiger partial charge in [-0.25, -0.2) is 4.39 Å². The molecule has 1 heterocycles. The maximum Gasteiger partial charge on any atom is 0.257 e. The number of nitrogens with one attached hydrogen (secondary N) is 1. The van der Waals surface area contributed by atoms with E-state index in [0.717, 1.165) is 23.0 Å². The lowest BCUT2D eigenvalue weighted by molar-refractivity contribution is 0.102. The minimum absolute atomic E-state index is 0.127. The second kappa shape index (κ2) is 7.81. The minimum atomic E-state index is -0.632. The van der Waals surface area contributed by atoms with E-state index in [4.69, 9.17) is 11.6 Å². The molecular formula is C23H14ClFN2O2. The Kier molecular flexibility index (Phi) is 5.06. The van der Waals surface area contributed by atoms with Crippen molar-refractivity contribution in [2.24, 2.45) is 0 Å². The van der Waals surface area contributed by atoms with E-state index in [2.05, 4.69) is 10.3 Å². The summed E-state index contributed by atoms with van der Waals surface area (Å²) in [5, 5.41) is 3.68. The summed E-state index contributed by atoms with van der Waals surface area (Å²) in [6, 6.07) is 19.0. The van der Waals surface area contributed by atoms with Crippen LogP contribution in [0.3, 0.4) is 0 Å². The molecule has 29 heavy (non-hydrogen) atoms. The number of amides is 1. The zero-order valence-corrected chi connectivity index (χ0v) is 15.8. The largest absolute Gasteiger partial charge is 0.322 e. The first-order valence-corrected chi connectivity index (χ1v) is 9.15. The number of anilines is 1. The fourth-order valence-corrected chi connectivity index (χ4v) is 3.24. The minimum Gasteiger partial charge on any atom is -0.322 e. The highest BCUT2D eigenvalue weighted by molar-refractivity contribution is 6.34. The SMILES string of the molecule is O=C(c1cc(F)cc(NC(=O)c2ccccc2Cl)c1)c1ccc2ncccc2c1. The van der Waals surface area contributed by atoms with Crippen molar-refractivity contribution in [3.8, 4) is 0 Å². The van der Waals surface area contributed by atoms with Gasteiger partial charge < -0.3 is 5.32 Å². The maximum atomic E-state index is 14.1. The van der Waals surface area contributed by atoms with Crippen molar-refractivity contribution in [1.29, 1.82) is 0 Å². The summed E-state index contributed by atoms with van der Waals surface area (Å²) in [7, 11) is 0. The highest BCUT2D eigenvalue weighted by Crippen LogP contribution is 2.22. The molecule has 0 aliphatic rings. The van der Waals surface area contributed by atoms with Gasteiger partial charge >= 0.3 is 0 Å². The van der Waals surface area contributed by atoms with Gasteiger partial charge in [-0.05, 0) is 54.6 Å². The predicted octanol–water partition coefficient (Wildman–Crippen LogP) is 5.51. The van der Waals surface area contributed by atoms with E-state index in [0.29, 0.717) is 5.56 Å². The monoisotopic (exact) mass is 404 g/mol. The van der Waals surface area contributed by atoms with Crippen LogP contribution in [0.15, 0.2) is 79.0 Å². The van der Waals surface area contributed by atoms with Gasteiger partial charge in [0.05, 0.1) is 16.1 Å². The lowest BCUT2D eigenvalue weighted by Crippen LogP contribution is -2.13. The topological polar surface area (TPSA) is 59.1 Å². The summed E-state index contributed by atoms with van der Waals surface area (Å²) in [6.07, 6.45) is 1.67. The van der Waals surface area contributed by atoms with Crippen LogP contribution >= 0.6 is 11.6 Å². The number of nitrogens with zero attached hydrogens (tertiary/aromatic N) is 1. The molecule has 4 nitrogen and oxygen atoms in total. The number of rotatable bonds is 4. The Morgan fingerprint density at radius 1 is 0.897 bits per heavy atom. The smallest absolute Gasteiger partial charge is 0.257 e. The standard InChI is InChI=1S/C23H14ClFN2O2/c24-20-6-2-1-5-19(20)23(29)27-18-12-16(11-17(25)13-18)22(28)15-7-8-21-14(10-15)4-3-9-26-21/h1-13H,(H,27,29). The van der Waals surface area contributed by atoms with E-state index in [-0.39, 0.29) is 27.6 Å².